The lowest BCUT2D eigenvalue weighted by Crippen LogP contribution is -2.27. The third-order valence-electron chi connectivity index (χ3n) is 5.64. The quantitative estimate of drug-likeness (QED) is 0.906. The van der Waals surface area contributed by atoms with Gasteiger partial charge >= 0.3 is 0 Å². The number of fused-ring (bicyclic) bond motifs is 1. The van der Waals surface area contributed by atoms with E-state index in [1.165, 1.54) is 0 Å². The van der Waals surface area contributed by atoms with Crippen molar-refractivity contribution in [2.45, 2.75) is 32.7 Å². The van der Waals surface area contributed by atoms with Crippen molar-refractivity contribution in [2.24, 2.45) is 11.8 Å². The second kappa shape index (κ2) is 6.09. The van der Waals surface area contributed by atoms with Crippen LogP contribution < -0.4 is 5.73 Å². The van der Waals surface area contributed by atoms with Crippen molar-refractivity contribution < 1.29 is 4.39 Å². The number of piperidine rings is 1. The fourth-order valence-electron chi connectivity index (χ4n) is 4.24. The van der Waals surface area contributed by atoms with Crippen LogP contribution in [0.5, 0.6) is 0 Å². The average molecular weight is 343 g/mol. The van der Waals surface area contributed by atoms with Crippen LogP contribution >= 0.6 is 0 Å². The molecule has 25 heavy (non-hydrogen) atoms. The number of nitrogens with zero attached hydrogens (tertiary/aromatic N) is 4. The molecule has 2 aliphatic rings. The molecule has 0 spiro atoms. The average Bonchev–Trinajstić information content (AvgIpc) is 2.95. The molecule has 5 nitrogen and oxygen atoms in total. The predicted molar refractivity (Wildman–Crippen MR) is 97.1 cm³/mol. The van der Waals surface area contributed by atoms with Gasteiger partial charge < -0.3 is 15.2 Å². The Kier molecular flexibility index (Phi) is 4.02. The monoisotopic (exact) mass is 343 g/mol. The van der Waals surface area contributed by atoms with Crippen LogP contribution in [0.15, 0.2) is 18.5 Å². The summed E-state index contributed by atoms with van der Waals surface area (Å²) in [5.41, 5.74) is 8.79. The van der Waals surface area contributed by atoms with E-state index in [2.05, 4.69) is 40.6 Å². The number of anilines is 1. The Morgan fingerprint density at radius 3 is 2.64 bits per heavy atom. The Labute approximate surface area is 148 Å². The van der Waals surface area contributed by atoms with Gasteiger partial charge in [-0.2, -0.15) is 0 Å². The normalized spacial score (nSPS) is 25.6. The number of imidazole rings is 1. The van der Waals surface area contributed by atoms with E-state index in [0.29, 0.717) is 36.2 Å². The molecule has 3 heterocycles. The first kappa shape index (κ1) is 16.5. The number of aryl methyl sites for hydroxylation is 1. The van der Waals surface area contributed by atoms with Crippen LogP contribution in [0, 0.1) is 18.8 Å². The van der Waals surface area contributed by atoms with Crippen molar-refractivity contribution in [1.29, 1.82) is 0 Å². The van der Waals surface area contributed by atoms with Crippen LogP contribution in [-0.4, -0.2) is 45.7 Å². The molecule has 1 aliphatic carbocycles. The van der Waals surface area contributed by atoms with Gasteiger partial charge in [-0.15, -0.1) is 0 Å². The van der Waals surface area contributed by atoms with Gasteiger partial charge in [-0.25, -0.2) is 14.4 Å². The molecule has 2 aromatic heterocycles. The number of nitrogens with two attached hydrogens (primary N) is 1. The van der Waals surface area contributed by atoms with Crippen molar-refractivity contribution >= 4 is 5.82 Å². The maximum atomic E-state index is 12.6. The van der Waals surface area contributed by atoms with Crippen LogP contribution in [0.2, 0.25) is 0 Å². The maximum Gasteiger partial charge on any atom is 0.126 e. The second-order valence-electron chi connectivity index (χ2n) is 7.74. The number of likely N-dealkylation sites (tertiary alicyclic amines) is 1. The third kappa shape index (κ3) is 2.82. The molecule has 2 fully saturated rings. The van der Waals surface area contributed by atoms with E-state index in [1.807, 2.05) is 6.92 Å². The fourth-order valence-corrected chi connectivity index (χ4v) is 4.24. The van der Waals surface area contributed by atoms with Crippen molar-refractivity contribution in [3.8, 4) is 11.3 Å². The van der Waals surface area contributed by atoms with Gasteiger partial charge in [0.1, 0.15) is 18.3 Å². The van der Waals surface area contributed by atoms with Crippen molar-refractivity contribution in [1.82, 2.24) is 19.4 Å². The Bertz CT molecular complexity index is 772. The molecule has 0 aromatic carbocycles. The minimum atomic E-state index is -0.250. The van der Waals surface area contributed by atoms with Crippen molar-refractivity contribution in [2.75, 3.05) is 32.0 Å². The Balaban J connectivity index is 1.61. The highest BCUT2D eigenvalue weighted by molar-refractivity contribution is 5.61. The SMILES string of the molecule is Cc1cc(-c2cn([C@H]3[C@@H]4CN(CCF)C[C@@H]43)c(C(C)C)n2)cnc1N. The second-order valence-corrected chi connectivity index (χ2v) is 7.74. The first-order valence-electron chi connectivity index (χ1n) is 9.09. The number of aromatic nitrogens is 3. The fraction of sp³-hybridized carbons (Fsp3) is 0.579. The number of halogens is 1. The zero-order valence-electron chi connectivity index (χ0n) is 15.1. The zero-order valence-corrected chi connectivity index (χ0v) is 15.1. The molecule has 2 aromatic rings. The van der Waals surface area contributed by atoms with E-state index in [0.717, 1.165) is 35.7 Å². The van der Waals surface area contributed by atoms with E-state index in [4.69, 9.17) is 10.7 Å². The molecular formula is C19H26FN5. The number of nitrogen functional groups attached to an aromatic ring is 1. The summed E-state index contributed by atoms with van der Waals surface area (Å²) in [5, 5.41) is 0. The smallest absolute Gasteiger partial charge is 0.126 e. The molecular weight excluding hydrogens is 317 g/mol. The van der Waals surface area contributed by atoms with Gasteiger partial charge in [-0.3, -0.25) is 0 Å². The first-order chi connectivity index (χ1) is 12.0. The van der Waals surface area contributed by atoms with Crippen molar-refractivity contribution in [3.63, 3.8) is 0 Å². The summed E-state index contributed by atoms with van der Waals surface area (Å²) in [4.78, 5) is 11.4. The highest BCUT2D eigenvalue weighted by Gasteiger charge is 2.57. The molecule has 1 saturated heterocycles. The molecule has 6 heteroatoms. The lowest BCUT2D eigenvalue weighted by atomic mass is 10.1. The molecule has 1 aliphatic heterocycles. The molecule has 0 radical (unpaired) electrons. The van der Waals surface area contributed by atoms with Gasteiger partial charge in [-0.05, 0) is 30.4 Å². The lowest BCUT2D eigenvalue weighted by molar-refractivity contribution is 0.257. The van der Waals surface area contributed by atoms with Crippen molar-refractivity contribution in [3.05, 3.63) is 29.8 Å². The Morgan fingerprint density at radius 2 is 2.04 bits per heavy atom. The van der Waals surface area contributed by atoms with E-state index >= 15 is 0 Å². The highest BCUT2D eigenvalue weighted by Crippen LogP contribution is 2.56. The predicted octanol–water partition coefficient (Wildman–Crippen LogP) is 3.03. The van der Waals surface area contributed by atoms with Gasteiger partial charge in [0.05, 0.1) is 5.69 Å². The lowest BCUT2D eigenvalue weighted by Gasteiger charge is -2.19. The summed E-state index contributed by atoms with van der Waals surface area (Å²) in [5.74, 6) is 3.33. The van der Waals surface area contributed by atoms with E-state index in [-0.39, 0.29) is 6.67 Å². The number of pyridine rings is 1. The van der Waals surface area contributed by atoms with Gasteiger partial charge in [0.15, 0.2) is 0 Å². The molecule has 134 valence electrons. The maximum absolute atomic E-state index is 12.6. The highest BCUT2D eigenvalue weighted by atomic mass is 19.1. The summed E-state index contributed by atoms with van der Waals surface area (Å²) in [6.07, 6.45) is 3.97. The molecule has 0 amide bonds. The number of hydrogen-bond donors (Lipinski definition) is 1. The molecule has 4 rings (SSSR count). The van der Waals surface area contributed by atoms with E-state index in [9.17, 15) is 4.39 Å². The van der Waals surface area contributed by atoms with Crippen LogP contribution in [0.3, 0.4) is 0 Å². The summed E-state index contributed by atoms with van der Waals surface area (Å²) in [6, 6.07) is 2.56. The minimum Gasteiger partial charge on any atom is -0.383 e. The summed E-state index contributed by atoms with van der Waals surface area (Å²) >= 11 is 0. The molecule has 1 saturated carbocycles. The van der Waals surface area contributed by atoms with Gasteiger partial charge in [-0.1, -0.05) is 13.8 Å². The van der Waals surface area contributed by atoms with E-state index in [1.54, 1.807) is 6.20 Å². The molecule has 2 N–H and O–H groups in total. The largest absolute Gasteiger partial charge is 0.383 e. The van der Waals surface area contributed by atoms with E-state index < -0.39 is 0 Å². The Morgan fingerprint density at radius 1 is 1.32 bits per heavy atom. The summed E-state index contributed by atoms with van der Waals surface area (Å²) < 4.78 is 14.9. The summed E-state index contributed by atoms with van der Waals surface area (Å²) in [6.45, 7) is 8.67. The number of alkyl halides is 1. The number of hydrogen-bond acceptors (Lipinski definition) is 4. The minimum absolute atomic E-state index is 0.250. The number of rotatable bonds is 5. The van der Waals surface area contributed by atoms with Crippen LogP contribution in [0.4, 0.5) is 10.2 Å². The van der Waals surface area contributed by atoms with Crippen LogP contribution in [0.25, 0.3) is 11.3 Å². The Hall–Kier alpha value is -1.95. The third-order valence-corrected chi connectivity index (χ3v) is 5.64. The van der Waals surface area contributed by atoms with Gasteiger partial charge in [0, 0.05) is 49.6 Å². The first-order valence-corrected chi connectivity index (χ1v) is 9.09. The molecule has 0 unspecified atom stereocenters. The standard InChI is InChI=1S/C19H26FN5/c1-11(2)19-23-16(13-6-12(3)18(21)22-7-13)10-25(19)17-14-8-24(5-4-20)9-15(14)17/h6-7,10-11,14-15,17H,4-5,8-9H2,1-3H3,(H2,21,22)/t14-,15+,17+. The summed E-state index contributed by atoms with van der Waals surface area (Å²) in [7, 11) is 0. The van der Waals surface area contributed by atoms with Crippen LogP contribution in [-0.2, 0) is 0 Å². The van der Waals surface area contributed by atoms with Gasteiger partial charge in [0.25, 0.3) is 0 Å². The van der Waals surface area contributed by atoms with Crippen LogP contribution in [0.1, 0.15) is 37.2 Å². The molecule has 3 atom stereocenters. The zero-order chi connectivity index (χ0) is 17.7. The van der Waals surface area contributed by atoms with Gasteiger partial charge in [0.2, 0.25) is 0 Å². The topological polar surface area (TPSA) is 60.0 Å². The molecule has 0 bridgehead atoms.